The molecule has 0 bridgehead atoms. The van der Waals surface area contributed by atoms with Crippen LogP contribution < -0.4 is 5.32 Å². The lowest BCUT2D eigenvalue weighted by Gasteiger charge is -2.26. The molecule has 30 heavy (non-hydrogen) atoms. The summed E-state index contributed by atoms with van der Waals surface area (Å²) in [6.07, 6.45) is 0. The van der Waals surface area contributed by atoms with E-state index in [0.29, 0.717) is 44.0 Å². The summed E-state index contributed by atoms with van der Waals surface area (Å²) in [5.41, 5.74) is 3.55. The summed E-state index contributed by atoms with van der Waals surface area (Å²) in [7, 11) is -3.64. The number of benzene rings is 2. The molecule has 1 heterocycles. The molecular formula is C22H28N2O4S2. The van der Waals surface area contributed by atoms with E-state index in [2.05, 4.69) is 24.4 Å². The van der Waals surface area contributed by atoms with E-state index in [-0.39, 0.29) is 10.8 Å². The summed E-state index contributed by atoms with van der Waals surface area (Å²) < 4.78 is 32.6. The van der Waals surface area contributed by atoms with E-state index in [1.165, 1.54) is 21.5 Å². The summed E-state index contributed by atoms with van der Waals surface area (Å²) in [5.74, 6) is 1.42. The number of aryl methyl sites for hydroxylation is 2. The molecule has 0 radical (unpaired) electrons. The third kappa shape index (κ3) is 5.63. The normalized spacial score (nSPS) is 15.1. The Hall–Kier alpha value is -1.87. The molecule has 1 amide bonds. The Kier molecular flexibility index (Phi) is 7.93. The maximum atomic E-state index is 13.0. The second-order valence-corrected chi connectivity index (χ2v) is 10.2. The number of hydrogen-bond donors (Lipinski definition) is 1. The van der Waals surface area contributed by atoms with E-state index in [1.807, 2.05) is 12.1 Å². The van der Waals surface area contributed by atoms with Crippen LogP contribution in [0.4, 0.5) is 0 Å². The second kappa shape index (κ2) is 10.4. The van der Waals surface area contributed by atoms with Crippen LogP contribution in [0.2, 0.25) is 0 Å². The molecule has 3 rings (SSSR count). The van der Waals surface area contributed by atoms with Crippen LogP contribution in [-0.4, -0.2) is 57.2 Å². The number of carbonyl (C=O) groups is 1. The SMILES string of the molecule is Cc1ccccc1CSCCNC(=O)c1ccc(C)c(S(=O)(=O)N2CCOCC2)c1. The molecule has 6 nitrogen and oxygen atoms in total. The van der Waals surface area contributed by atoms with Gasteiger partial charge in [-0.1, -0.05) is 30.3 Å². The van der Waals surface area contributed by atoms with Crippen LogP contribution in [0.25, 0.3) is 0 Å². The van der Waals surface area contributed by atoms with Crippen molar-refractivity contribution in [3.8, 4) is 0 Å². The third-order valence-electron chi connectivity index (χ3n) is 5.09. The highest BCUT2D eigenvalue weighted by Gasteiger charge is 2.28. The summed E-state index contributed by atoms with van der Waals surface area (Å²) in [4.78, 5) is 12.7. The van der Waals surface area contributed by atoms with E-state index in [4.69, 9.17) is 4.74 Å². The van der Waals surface area contributed by atoms with Gasteiger partial charge in [0.2, 0.25) is 10.0 Å². The molecule has 0 aromatic heterocycles. The number of amides is 1. The van der Waals surface area contributed by atoms with Crippen molar-refractivity contribution < 1.29 is 17.9 Å². The Morgan fingerprint density at radius 2 is 1.83 bits per heavy atom. The van der Waals surface area contributed by atoms with Crippen LogP contribution in [-0.2, 0) is 20.5 Å². The number of ether oxygens (including phenoxy) is 1. The van der Waals surface area contributed by atoms with E-state index >= 15 is 0 Å². The van der Waals surface area contributed by atoms with Crippen molar-refractivity contribution in [1.29, 1.82) is 0 Å². The van der Waals surface area contributed by atoms with Gasteiger partial charge in [0.05, 0.1) is 18.1 Å². The van der Waals surface area contributed by atoms with Crippen LogP contribution in [0.5, 0.6) is 0 Å². The Bertz CT molecular complexity index is 986. The maximum Gasteiger partial charge on any atom is 0.251 e. The number of nitrogens with one attached hydrogen (secondary N) is 1. The number of carbonyl (C=O) groups excluding carboxylic acids is 1. The van der Waals surface area contributed by atoms with Crippen LogP contribution in [0, 0.1) is 13.8 Å². The molecular weight excluding hydrogens is 420 g/mol. The standard InChI is InChI=1S/C22H28N2O4S2/c1-17-5-3-4-6-20(17)16-29-14-9-23-22(25)19-8-7-18(2)21(15-19)30(26,27)24-10-12-28-13-11-24/h3-8,15H,9-14,16H2,1-2H3,(H,23,25). The van der Waals surface area contributed by atoms with Gasteiger partial charge in [0.15, 0.2) is 0 Å². The average molecular weight is 449 g/mol. The molecule has 2 aromatic carbocycles. The van der Waals surface area contributed by atoms with Crippen molar-refractivity contribution in [2.24, 2.45) is 0 Å². The van der Waals surface area contributed by atoms with Gasteiger partial charge in [0.25, 0.3) is 5.91 Å². The van der Waals surface area contributed by atoms with Gasteiger partial charge in [-0.2, -0.15) is 16.1 Å². The van der Waals surface area contributed by atoms with Gasteiger partial charge in [0, 0.05) is 36.7 Å². The van der Waals surface area contributed by atoms with Crippen LogP contribution in [0.1, 0.15) is 27.0 Å². The number of thioether (sulfide) groups is 1. The van der Waals surface area contributed by atoms with Gasteiger partial charge < -0.3 is 10.1 Å². The zero-order valence-electron chi connectivity index (χ0n) is 17.4. The molecule has 0 unspecified atom stereocenters. The van der Waals surface area contributed by atoms with Gasteiger partial charge >= 0.3 is 0 Å². The fourth-order valence-corrected chi connectivity index (χ4v) is 5.83. The lowest BCUT2D eigenvalue weighted by atomic mass is 10.1. The quantitative estimate of drug-likeness (QED) is 0.629. The first-order chi connectivity index (χ1) is 14.4. The van der Waals surface area contributed by atoms with Gasteiger partial charge in [-0.05, 0) is 42.7 Å². The molecule has 162 valence electrons. The number of rotatable bonds is 8. The van der Waals surface area contributed by atoms with Crippen LogP contribution in [0.15, 0.2) is 47.4 Å². The fourth-order valence-electron chi connectivity index (χ4n) is 3.24. The Morgan fingerprint density at radius 1 is 1.10 bits per heavy atom. The first-order valence-electron chi connectivity index (χ1n) is 9.98. The van der Waals surface area contributed by atoms with Crippen molar-refractivity contribution in [2.45, 2.75) is 24.5 Å². The van der Waals surface area contributed by atoms with E-state index in [1.54, 1.807) is 30.8 Å². The number of hydrogen-bond acceptors (Lipinski definition) is 5. The molecule has 1 aliphatic heterocycles. The summed E-state index contributed by atoms with van der Waals surface area (Å²) in [6, 6.07) is 13.1. The van der Waals surface area contributed by atoms with Crippen molar-refractivity contribution in [3.63, 3.8) is 0 Å². The van der Waals surface area contributed by atoms with E-state index in [0.717, 1.165) is 11.5 Å². The maximum absolute atomic E-state index is 13.0. The summed E-state index contributed by atoms with van der Waals surface area (Å²) in [5, 5.41) is 2.89. The van der Waals surface area contributed by atoms with Crippen molar-refractivity contribution in [3.05, 3.63) is 64.7 Å². The largest absolute Gasteiger partial charge is 0.379 e. The Labute approximate surface area is 183 Å². The minimum Gasteiger partial charge on any atom is -0.379 e. The molecule has 1 N–H and O–H groups in total. The predicted molar refractivity (Wildman–Crippen MR) is 120 cm³/mol. The van der Waals surface area contributed by atoms with Crippen molar-refractivity contribution in [2.75, 3.05) is 38.6 Å². The average Bonchev–Trinajstić information content (AvgIpc) is 2.75. The number of nitrogens with zero attached hydrogens (tertiary/aromatic N) is 1. The lowest BCUT2D eigenvalue weighted by molar-refractivity contribution is 0.0730. The van der Waals surface area contributed by atoms with Gasteiger partial charge in [-0.25, -0.2) is 8.42 Å². The monoisotopic (exact) mass is 448 g/mol. The fraction of sp³-hybridized carbons (Fsp3) is 0.409. The lowest BCUT2D eigenvalue weighted by Crippen LogP contribution is -2.41. The molecule has 0 atom stereocenters. The van der Waals surface area contributed by atoms with Gasteiger partial charge in [0.1, 0.15) is 0 Å². The Balaban J connectivity index is 1.57. The van der Waals surface area contributed by atoms with E-state index < -0.39 is 10.0 Å². The highest BCUT2D eigenvalue weighted by Crippen LogP contribution is 2.22. The summed E-state index contributed by atoms with van der Waals surface area (Å²) >= 11 is 1.76. The van der Waals surface area contributed by atoms with Crippen LogP contribution in [0.3, 0.4) is 0 Å². The highest BCUT2D eigenvalue weighted by molar-refractivity contribution is 7.98. The minimum absolute atomic E-state index is 0.186. The molecule has 2 aromatic rings. The molecule has 0 spiro atoms. The second-order valence-electron chi connectivity index (χ2n) is 7.23. The molecule has 1 aliphatic rings. The predicted octanol–water partition coefficient (Wildman–Crippen LogP) is 2.99. The zero-order chi connectivity index (χ0) is 21.6. The zero-order valence-corrected chi connectivity index (χ0v) is 19.0. The van der Waals surface area contributed by atoms with Gasteiger partial charge in [-0.3, -0.25) is 4.79 Å². The highest BCUT2D eigenvalue weighted by atomic mass is 32.2. The summed E-state index contributed by atoms with van der Waals surface area (Å²) in [6.45, 7) is 5.80. The molecule has 1 fully saturated rings. The molecule has 0 saturated carbocycles. The molecule has 8 heteroatoms. The topological polar surface area (TPSA) is 75.7 Å². The smallest absolute Gasteiger partial charge is 0.251 e. The van der Waals surface area contributed by atoms with Gasteiger partial charge in [-0.15, -0.1) is 0 Å². The molecule has 1 saturated heterocycles. The number of sulfonamides is 1. The molecule has 0 aliphatic carbocycles. The van der Waals surface area contributed by atoms with Crippen molar-refractivity contribution >= 4 is 27.7 Å². The van der Waals surface area contributed by atoms with Crippen LogP contribution >= 0.6 is 11.8 Å². The van der Waals surface area contributed by atoms with Crippen molar-refractivity contribution in [1.82, 2.24) is 9.62 Å². The third-order valence-corrected chi connectivity index (χ3v) is 8.14. The Morgan fingerprint density at radius 3 is 2.57 bits per heavy atom. The first-order valence-corrected chi connectivity index (χ1v) is 12.6. The first kappa shape index (κ1) is 22.8. The van der Waals surface area contributed by atoms with E-state index in [9.17, 15) is 13.2 Å². The number of morpholine rings is 1. The minimum atomic E-state index is -3.64.